The second-order valence-corrected chi connectivity index (χ2v) is 9.60. The third kappa shape index (κ3) is 4.72. The highest BCUT2D eigenvalue weighted by Gasteiger charge is 2.24. The summed E-state index contributed by atoms with van der Waals surface area (Å²) in [5.41, 5.74) is 1.44. The van der Waals surface area contributed by atoms with Crippen LogP contribution in [0.25, 0.3) is 11.1 Å². The smallest absolute Gasteiger partial charge is 0.408 e. The molecule has 2 aromatic carbocycles. The van der Waals surface area contributed by atoms with Gasteiger partial charge in [-0.2, -0.15) is 0 Å². The number of benzene rings is 2. The fourth-order valence-electron chi connectivity index (χ4n) is 3.95. The van der Waals surface area contributed by atoms with Crippen LogP contribution in [0.3, 0.4) is 0 Å². The van der Waals surface area contributed by atoms with Crippen LogP contribution in [0.2, 0.25) is 0 Å². The van der Waals surface area contributed by atoms with Crippen LogP contribution in [0.1, 0.15) is 44.2 Å². The molecule has 0 bridgehead atoms. The number of hydrogen-bond donors (Lipinski definition) is 2. The Kier molecular flexibility index (Phi) is 5.97. The molecule has 1 fully saturated rings. The van der Waals surface area contributed by atoms with Crippen LogP contribution in [0.15, 0.2) is 62.6 Å². The highest BCUT2D eigenvalue weighted by Crippen LogP contribution is 2.23. The summed E-state index contributed by atoms with van der Waals surface area (Å²) in [5.74, 6) is -1.06. The average Bonchev–Trinajstić information content (AvgIpc) is 3.35. The van der Waals surface area contributed by atoms with Gasteiger partial charge in [-0.15, -0.1) is 0 Å². The lowest BCUT2D eigenvalue weighted by atomic mass is 10.1. The maximum Gasteiger partial charge on any atom is 0.420 e. The van der Waals surface area contributed by atoms with Gasteiger partial charge in [0, 0.05) is 12.1 Å². The number of carbonyl (C=O) groups excluding carboxylic acids is 1. The van der Waals surface area contributed by atoms with Gasteiger partial charge in [-0.25, -0.2) is 17.9 Å². The Morgan fingerprint density at radius 2 is 1.87 bits per heavy atom. The van der Waals surface area contributed by atoms with Crippen molar-refractivity contribution in [1.82, 2.24) is 14.6 Å². The zero-order valence-corrected chi connectivity index (χ0v) is 18.0. The molecular formula is C22H25N3O5S. The van der Waals surface area contributed by atoms with Crippen LogP contribution in [0, 0.1) is 0 Å². The molecule has 1 atom stereocenters. The molecule has 1 aliphatic carbocycles. The van der Waals surface area contributed by atoms with Gasteiger partial charge >= 0.3 is 5.76 Å². The lowest BCUT2D eigenvalue weighted by molar-refractivity contribution is -0.122. The Hall–Kier alpha value is -2.91. The lowest BCUT2D eigenvalue weighted by Gasteiger charge is -2.14. The molecule has 0 spiro atoms. The minimum absolute atomic E-state index is 0.0370. The molecule has 2 N–H and O–H groups in total. The molecule has 1 aliphatic rings. The molecule has 0 aliphatic heterocycles. The van der Waals surface area contributed by atoms with Crippen LogP contribution >= 0.6 is 0 Å². The SMILES string of the molecule is C[C@H](NC(=O)Cn1c(=O)oc2cc(S(=O)(=O)NC3CCCC3)ccc21)c1ccccc1. The van der Waals surface area contributed by atoms with E-state index in [2.05, 4.69) is 10.0 Å². The first-order chi connectivity index (χ1) is 14.8. The van der Waals surface area contributed by atoms with Crippen LogP contribution in [0.4, 0.5) is 0 Å². The topological polar surface area (TPSA) is 110 Å². The number of carbonyl (C=O) groups is 1. The van der Waals surface area contributed by atoms with E-state index in [1.807, 2.05) is 37.3 Å². The van der Waals surface area contributed by atoms with E-state index in [9.17, 15) is 18.0 Å². The molecule has 0 unspecified atom stereocenters. The minimum Gasteiger partial charge on any atom is -0.408 e. The number of aromatic nitrogens is 1. The van der Waals surface area contributed by atoms with E-state index in [1.165, 1.54) is 22.8 Å². The van der Waals surface area contributed by atoms with Gasteiger partial charge in [-0.3, -0.25) is 9.36 Å². The predicted octanol–water partition coefficient (Wildman–Crippen LogP) is 2.69. The number of fused-ring (bicyclic) bond motifs is 1. The molecule has 1 aromatic heterocycles. The quantitative estimate of drug-likeness (QED) is 0.583. The fraction of sp³-hybridized carbons (Fsp3) is 0.364. The van der Waals surface area contributed by atoms with E-state index in [-0.39, 0.29) is 35.0 Å². The number of nitrogens with zero attached hydrogens (tertiary/aromatic N) is 1. The molecule has 0 saturated heterocycles. The standard InChI is InChI=1S/C22H25N3O5S/c1-15(16-7-3-2-4-8-16)23-21(26)14-25-19-12-11-18(13-20(19)30-22(25)27)31(28,29)24-17-9-5-6-10-17/h2-4,7-8,11-13,15,17,24H,5-6,9-10,14H2,1H3,(H,23,26)/t15-/m0/s1. The van der Waals surface area contributed by atoms with Crippen molar-refractivity contribution in [3.63, 3.8) is 0 Å². The van der Waals surface area contributed by atoms with Crippen molar-refractivity contribution < 1.29 is 17.6 Å². The first-order valence-corrected chi connectivity index (χ1v) is 11.8. The van der Waals surface area contributed by atoms with E-state index >= 15 is 0 Å². The highest BCUT2D eigenvalue weighted by molar-refractivity contribution is 7.89. The Labute approximate surface area is 180 Å². The number of hydrogen-bond acceptors (Lipinski definition) is 5. The molecule has 4 rings (SSSR count). The summed E-state index contributed by atoms with van der Waals surface area (Å²) in [6, 6.07) is 13.5. The van der Waals surface area contributed by atoms with Gasteiger partial charge in [0.05, 0.1) is 16.5 Å². The molecule has 8 nitrogen and oxygen atoms in total. The van der Waals surface area contributed by atoms with Gasteiger partial charge in [0.15, 0.2) is 5.58 Å². The highest BCUT2D eigenvalue weighted by atomic mass is 32.2. The van der Waals surface area contributed by atoms with Crippen molar-refractivity contribution in [2.45, 2.75) is 56.1 Å². The molecule has 0 radical (unpaired) electrons. The molecule has 31 heavy (non-hydrogen) atoms. The maximum atomic E-state index is 12.7. The summed E-state index contributed by atoms with van der Waals surface area (Å²) in [6.45, 7) is 1.63. The third-order valence-corrected chi connectivity index (χ3v) is 7.12. The van der Waals surface area contributed by atoms with Crippen LogP contribution in [-0.4, -0.2) is 24.9 Å². The zero-order chi connectivity index (χ0) is 22.0. The predicted molar refractivity (Wildman–Crippen MR) is 116 cm³/mol. The maximum absolute atomic E-state index is 12.7. The number of amides is 1. The summed E-state index contributed by atoms with van der Waals surface area (Å²) in [7, 11) is -3.71. The van der Waals surface area contributed by atoms with Crippen molar-refractivity contribution in [2.75, 3.05) is 0 Å². The summed E-state index contributed by atoms with van der Waals surface area (Å²) in [6.07, 6.45) is 3.66. The molecular weight excluding hydrogens is 418 g/mol. The largest absolute Gasteiger partial charge is 0.420 e. The number of rotatable bonds is 7. The molecule has 3 aromatic rings. The van der Waals surface area contributed by atoms with Gasteiger partial charge < -0.3 is 9.73 Å². The van der Waals surface area contributed by atoms with E-state index < -0.39 is 15.8 Å². The number of oxazole rings is 1. The van der Waals surface area contributed by atoms with Gasteiger partial charge in [0.2, 0.25) is 15.9 Å². The number of nitrogens with one attached hydrogen (secondary N) is 2. The summed E-state index contributed by atoms with van der Waals surface area (Å²) < 4.78 is 34.4. The average molecular weight is 444 g/mol. The van der Waals surface area contributed by atoms with E-state index in [4.69, 9.17) is 4.42 Å². The van der Waals surface area contributed by atoms with Crippen molar-refractivity contribution in [3.8, 4) is 0 Å². The fourth-order valence-corrected chi connectivity index (χ4v) is 5.27. The molecule has 1 amide bonds. The van der Waals surface area contributed by atoms with Crippen molar-refractivity contribution >= 4 is 27.0 Å². The Balaban J connectivity index is 1.52. The zero-order valence-electron chi connectivity index (χ0n) is 17.2. The first kappa shape index (κ1) is 21.3. The van der Waals surface area contributed by atoms with Gasteiger partial charge in [-0.05, 0) is 37.5 Å². The van der Waals surface area contributed by atoms with Crippen LogP contribution in [0.5, 0.6) is 0 Å². The molecule has 9 heteroatoms. The summed E-state index contributed by atoms with van der Waals surface area (Å²) >= 11 is 0. The lowest BCUT2D eigenvalue weighted by Crippen LogP contribution is -2.32. The summed E-state index contributed by atoms with van der Waals surface area (Å²) in [5, 5.41) is 2.86. The van der Waals surface area contributed by atoms with Crippen molar-refractivity contribution in [1.29, 1.82) is 0 Å². The van der Waals surface area contributed by atoms with Crippen LogP contribution in [-0.2, 0) is 21.4 Å². The Morgan fingerprint density at radius 1 is 1.16 bits per heavy atom. The van der Waals surface area contributed by atoms with Gasteiger partial charge in [0.25, 0.3) is 0 Å². The van der Waals surface area contributed by atoms with E-state index in [1.54, 1.807) is 0 Å². The normalized spacial score (nSPS) is 15.9. The second-order valence-electron chi connectivity index (χ2n) is 7.89. The van der Waals surface area contributed by atoms with E-state index in [0.29, 0.717) is 5.52 Å². The minimum atomic E-state index is -3.71. The third-order valence-electron chi connectivity index (χ3n) is 5.61. The molecule has 1 heterocycles. The first-order valence-electron chi connectivity index (χ1n) is 10.3. The summed E-state index contributed by atoms with van der Waals surface area (Å²) in [4.78, 5) is 24.8. The van der Waals surface area contributed by atoms with E-state index in [0.717, 1.165) is 31.2 Å². The second kappa shape index (κ2) is 8.68. The molecule has 164 valence electrons. The molecule has 1 saturated carbocycles. The van der Waals surface area contributed by atoms with Crippen LogP contribution < -0.4 is 15.8 Å². The van der Waals surface area contributed by atoms with Gasteiger partial charge in [-0.1, -0.05) is 43.2 Å². The monoisotopic (exact) mass is 443 g/mol. The van der Waals surface area contributed by atoms with Crippen molar-refractivity contribution in [3.05, 3.63) is 64.6 Å². The Bertz CT molecular complexity index is 1240. The number of sulfonamides is 1. The van der Waals surface area contributed by atoms with Crippen molar-refractivity contribution in [2.24, 2.45) is 0 Å². The van der Waals surface area contributed by atoms with Gasteiger partial charge in [0.1, 0.15) is 6.54 Å². The Morgan fingerprint density at radius 3 is 2.58 bits per heavy atom.